The van der Waals surface area contributed by atoms with Gasteiger partial charge in [0.25, 0.3) is 5.91 Å². The van der Waals surface area contributed by atoms with E-state index >= 15 is 0 Å². The Labute approximate surface area is 157 Å². The normalized spacial score (nSPS) is 16.6. The Morgan fingerprint density at radius 3 is 2.46 bits per heavy atom. The molecule has 136 valence electrons. The van der Waals surface area contributed by atoms with E-state index in [1.165, 1.54) is 0 Å². The van der Waals surface area contributed by atoms with E-state index in [0.717, 1.165) is 30.2 Å². The van der Waals surface area contributed by atoms with E-state index < -0.39 is 5.54 Å². The highest BCUT2D eigenvalue weighted by Crippen LogP contribution is 2.21. The summed E-state index contributed by atoms with van der Waals surface area (Å²) in [5.74, 6) is 1.61. The van der Waals surface area contributed by atoms with Crippen molar-refractivity contribution in [3.05, 3.63) is 65.7 Å². The quantitative estimate of drug-likeness (QED) is 0.869. The van der Waals surface area contributed by atoms with E-state index in [9.17, 15) is 9.59 Å². The summed E-state index contributed by atoms with van der Waals surface area (Å²) in [6.07, 6.45) is 0. The van der Waals surface area contributed by atoms with Gasteiger partial charge in [0.05, 0.1) is 0 Å². The predicted molar refractivity (Wildman–Crippen MR) is 106 cm³/mol. The molecule has 2 amide bonds. The van der Waals surface area contributed by atoms with Crippen molar-refractivity contribution in [1.29, 1.82) is 0 Å². The average molecular weight is 369 g/mol. The van der Waals surface area contributed by atoms with E-state index in [0.29, 0.717) is 11.3 Å². The molecule has 0 aliphatic carbocycles. The molecule has 3 rings (SSSR count). The smallest absolute Gasteiger partial charge is 0.253 e. The number of nitrogens with zero attached hydrogens (tertiary/aromatic N) is 1. The van der Waals surface area contributed by atoms with Crippen molar-refractivity contribution >= 4 is 29.3 Å². The number of nitrogens with two attached hydrogens (primary N) is 1. The molecule has 1 saturated heterocycles. The number of thioether (sulfide) groups is 1. The van der Waals surface area contributed by atoms with Crippen molar-refractivity contribution in [3.8, 4) is 0 Å². The Kier molecular flexibility index (Phi) is 5.64. The topological polar surface area (TPSA) is 75.4 Å². The second-order valence-corrected chi connectivity index (χ2v) is 7.73. The van der Waals surface area contributed by atoms with Crippen molar-refractivity contribution < 1.29 is 9.59 Å². The van der Waals surface area contributed by atoms with Crippen LogP contribution in [0.5, 0.6) is 0 Å². The minimum atomic E-state index is -1.16. The van der Waals surface area contributed by atoms with Crippen molar-refractivity contribution in [2.45, 2.75) is 12.5 Å². The standard InChI is InChI=1S/C20H23N3O2S/c1-20(21,16-7-3-2-4-8-16)19(25)22-17-9-5-6-15(14-17)18(24)23-10-12-26-13-11-23/h2-9,14H,10-13,21H2,1H3,(H,22,25). The monoisotopic (exact) mass is 369 g/mol. The van der Waals surface area contributed by atoms with E-state index in [4.69, 9.17) is 5.73 Å². The van der Waals surface area contributed by atoms with Gasteiger partial charge < -0.3 is 16.0 Å². The molecular weight excluding hydrogens is 346 g/mol. The third-order valence-corrected chi connectivity index (χ3v) is 5.45. The summed E-state index contributed by atoms with van der Waals surface area (Å²) in [5.41, 5.74) is 6.97. The third-order valence-electron chi connectivity index (χ3n) is 4.51. The lowest BCUT2D eigenvalue weighted by Crippen LogP contribution is -2.45. The fourth-order valence-electron chi connectivity index (χ4n) is 2.86. The second kappa shape index (κ2) is 7.93. The third kappa shape index (κ3) is 4.08. The van der Waals surface area contributed by atoms with Gasteiger partial charge in [-0.2, -0.15) is 11.8 Å². The van der Waals surface area contributed by atoms with Crippen LogP contribution in [0.1, 0.15) is 22.8 Å². The Bertz CT molecular complexity index is 787. The number of hydrogen-bond acceptors (Lipinski definition) is 4. The van der Waals surface area contributed by atoms with Crippen molar-refractivity contribution in [1.82, 2.24) is 4.90 Å². The van der Waals surface area contributed by atoms with Gasteiger partial charge in [-0.1, -0.05) is 36.4 Å². The molecule has 1 heterocycles. The molecule has 1 fully saturated rings. The van der Waals surface area contributed by atoms with Gasteiger partial charge in [-0.25, -0.2) is 0 Å². The lowest BCUT2D eigenvalue weighted by molar-refractivity contribution is -0.120. The molecule has 3 N–H and O–H groups in total. The van der Waals surface area contributed by atoms with Crippen LogP contribution in [0, 0.1) is 0 Å². The molecule has 6 heteroatoms. The van der Waals surface area contributed by atoms with Crippen LogP contribution in [0.2, 0.25) is 0 Å². The Hall–Kier alpha value is -2.31. The lowest BCUT2D eigenvalue weighted by atomic mass is 9.92. The van der Waals surface area contributed by atoms with Gasteiger partial charge in [-0.05, 0) is 30.7 Å². The number of carbonyl (C=O) groups excluding carboxylic acids is 2. The molecule has 1 aliphatic rings. The zero-order valence-corrected chi connectivity index (χ0v) is 15.6. The summed E-state index contributed by atoms with van der Waals surface area (Å²) >= 11 is 1.86. The highest BCUT2D eigenvalue weighted by atomic mass is 32.2. The van der Waals surface area contributed by atoms with Gasteiger partial charge in [0.15, 0.2) is 0 Å². The summed E-state index contributed by atoms with van der Waals surface area (Å²) in [7, 11) is 0. The first-order valence-corrected chi connectivity index (χ1v) is 9.77. The molecule has 0 saturated carbocycles. The minimum absolute atomic E-state index is 0.0000291. The molecule has 2 aromatic carbocycles. The van der Waals surface area contributed by atoms with E-state index in [2.05, 4.69) is 5.32 Å². The van der Waals surface area contributed by atoms with Crippen LogP contribution in [0.15, 0.2) is 54.6 Å². The zero-order valence-electron chi connectivity index (χ0n) is 14.8. The number of rotatable bonds is 4. The molecular formula is C20H23N3O2S. The molecule has 1 atom stereocenters. The Balaban J connectivity index is 1.74. The largest absolute Gasteiger partial charge is 0.337 e. The number of anilines is 1. The maximum Gasteiger partial charge on any atom is 0.253 e. The molecule has 5 nitrogen and oxygen atoms in total. The van der Waals surface area contributed by atoms with Crippen LogP contribution in [0.25, 0.3) is 0 Å². The lowest BCUT2D eigenvalue weighted by Gasteiger charge is -2.27. The molecule has 26 heavy (non-hydrogen) atoms. The summed E-state index contributed by atoms with van der Waals surface area (Å²) in [5, 5.41) is 2.84. The van der Waals surface area contributed by atoms with E-state index in [1.807, 2.05) is 47.0 Å². The number of nitrogens with one attached hydrogen (secondary N) is 1. The molecule has 0 spiro atoms. The van der Waals surface area contributed by atoms with Gasteiger partial charge >= 0.3 is 0 Å². The zero-order chi connectivity index (χ0) is 18.6. The van der Waals surface area contributed by atoms with Gasteiger partial charge in [0, 0.05) is 35.8 Å². The first kappa shape index (κ1) is 18.5. The maximum absolute atomic E-state index is 12.7. The molecule has 0 bridgehead atoms. The minimum Gasteiger partial charge on any atom is -0.337 e. The van der Waals surface area contributed by atoms with Crippen LogP contribution >= 0.6 is 11.8 Å². The Morgan fingerprint density at radius 1 is 1.08 bits per heavy atom. The number of carbonyl (C=O) groups is 2. The average Bonchev–Trinajstić information content (AvgIpc) is 2.69. The molecule has 0 aromatic heterocycles. The van der Waals surface area contributed by atoms with Gasteiger partial charge in [0.2, 0.25) is 5.91 Å². The molecule has 1 aliphatic heterocycles. The fourth-order valence-corrected chi connectivity index (χ4v) is 3.76. The van der Waals surface area contributed by atoms with Crippen molar-refractivity contribution in [3.63, 3.8) is 0 Å². The van der Waals surface area contributed by atoms with Crippen LogP contribution in [0.3, 0.4) is 0 Å². The Morgan fingerprint density at radius 2 is 1.77 bits per heavy atom. The van der Waals surface area contributed by atoms with Gasteiger partial charge in [-0.3, -0.25) is 9.59 Å². The summed E-state index contributed by atoms with van der Waals surface area (Å²) < 4.78 is 0. The van der Waals surface area contributed by atoms with Crippen molar-refractivity contribution in [2.75, 3.05) is 29.9 Å². The maximum atomic E-state index is 12.7. The summed E-state index contributed by atoms with van der Waals surface area (Å²) in [6, 6.07) is 16.3. The molecule has 2 aromatic rings. The second-order valence-electron chi connectivity index (χ2n) is 6.51. The fraction of sp³-hybridized carbons (Fsp3) is 0.300. The highest BCUT2D eigenvalue weighted by molar-refractivity contribution is 7.99. The number of hydrogen-bond donors (Lipinski definition) is 2. The van der Waals surface area contributed by atoms with Crippen LogP contribution in [-0.4, -0.2) is 41.3 Å². The van der Waals surface area contributed by atoms with E-state index in [-0.39, 0.29) is 11.8 Å². The summed E-state index contributed by atoms with van der Waals surface area (Å²) in [4.78, 5) is 27.2. The molecule has 1 unspecified atom stereocenters. The van der Waals surface area contributed by atoms with Crippen molar-refractivity contribution in [2.24, 2.45) is 5.73 Å². The van der Waals surface area contributed by atoms with Crippen LogP contribution in [-0.2, 0) is 10.3 Å². The highest BCUT2D eigenvalue weighted by Gasteiger charge is 2.30. The number of benzene rings is 2. The van der Waals surface area contributed by atoms with Crippen LogP contribution < -0.4 is 11.1 Å². The van der Waals surface area contributed by atoms with E-state index in [1.54, 1.807) is 31.2 Å². The predicted octanol–water partition coefficient (Wildman–Crippen LogP) is 2.69. The van der Waals surface area contributed by atoms with Gasteiger partial charge in [-0.15, -0.1) is 0 Å². The van der Waals surface area contributed by atoms with Gasteiger partial charge in [0.1, 0.15) is 5.54 Å². The SMILES string of the molecule is CC(N)(C(=O)Nc1cccc(C(=O)N2CCSCC2)c1)c1ccccc1. The summed E-state index contributed by atoms with van der Waals surface area (Å²) in [6.45, 7) is 3.20. The van der Waals surface area contributed by atoms with Crippen LogP contribution in [0.4, 0.5) is 5.69 Å². The number of amides is 2. The first-order valence-electron chi connectivity index (χ1n) is 8.61. The molecule has 0 radical (unpaired) electrons. The first-order chi connectivity index (χ1) is 12.5.